The van der Waals surface area contributed by atoms with Crippen molar-refractivity contribution in [2.45, 2.75) is 71.1 Å². The first-order valence-electron chi connectivity index (χ1n) is 10.3. The molecule has 1 heterocycles. The molecule has 0 radical (unpaired) electrons. The molecule has 3 N–H and O–H groups in total. The fourth-order valence-electron chi connectivity index (χ4n) is 2.77. The zero-order chi connectivity index (χ0) is 22.4. The molecule has 8 nitrogen and oxygen atoms in total. The van der Waals surface area contributed by atoms with Gasteiger partial charge in [-0.1, -0.05) is 38.7 Å². The van der Waals surface area contributed by atoms with Gasteiger partial charge in [-0.3, -0.25) is 24.5 Å². The van der Waals surface area contributed by atoms with E-state index in [1.807, 2.05) is 12.2 Å². The van der Waals surface area contributed by atoms with Crippen molar-refractivity contribution in [3.05, 3.63) is 35.8 Å². The van der Waals surface area contributed by atoms with E-state index >= 15 is 0 Å². The third-order valence-corrected chi connectivity index (χ3v) is 4.61. The maximum atomic E-state index is 12.0. The van der Waals surface area contributed by atoms with Crippen molar-refractivity contribution in [3.63, 3.8) is 0 Å². The molecule has 0 spiro atoms. The van der Waals surface area contributed by atoms with E-state index in [0.29, 0.717) is 17.8 Å². The zero-order valence-electron chi connectivity index (χ0n) is 17.4. The van der Waals surface area contributed by atoms with Crippen molar-refractivity contribution < 1.29 is 34.1 Å². The third kappa shape index (κ3) is 11.2. The molecule has 30 heavy (non-hydrogen) atoms. The number of unbranched alkanes of at least 4 members (excludes halogenated alkanes) is 6. The molecule has 1 aliphatic heterocycles. The van der Waals surface area contributed by atoms with Crippen LogP contribution in [0, 0.1) is 5.92 Å². The fraction of sp³-hybridized carbons (Fsp3) is 0.545. The molecule has 0 fully saturated rings. The monoisotopic (exact) mass is 421 g/mol. The number of aliphatic carboxylic acids is 2. The average molecular weight is 421 g/mol. The average Bonchev–Trinajstić information content (AvgIpc) is 2.69. The molecule has 0 bridgehead atoms. The largest absolute Gasteiger partial charge is 0.481 e. The Morgan fingerprint density at radius 2 is 1.77 bits per heavy atom. The van der Waals surface area contributed by atoms with Gasteiger partial charge in [-0.05, 0) is 31.4 Å². The number of allylic oxidation sites excluding steroid dienone is 3. The number of hydrogen-bond acceptors (Lipinski definition) is 5. The van der Waals surface area contributed by atoms with Gasteiger partial charge in [-0.15, -0.1) is 0 Å². The van der Waals surface area contributed by atoms with Crippen LogP contribution in [0.4, 0.5) is 0 Å². The highest BCUT2D eigenvalue weighted by Gasteiger charge is 2.20. The predicted molar refractivity (Wildman–Crippen MR) is 110 cm³/mol. The summed E-state index contributed by atoms with van der Waals surface area (Å²) in [6, 6.07) is 0. The highest BCUT2D eigenvalue weighted by atomic mass is 16.5. The van der Waals surface area contributed by atoms with E-state index in [1.54, 1.807) is 6.08 Å². The van der Waals surface area contributed by atoms with Crippen molar-refractivity contribution in [1.82, 2.24) is 5.32 Å². The normalized spacial score (nSPS) is 14.4. The molecule has 0 saturated carbocycles. The van der Waals surface area contributed by atoms with E-state index in [1.165, 1.54) is 13.2 Å². The molecule has 0 aromatic rings. The summed E-state index contributed by atoms with van der Waals surface area (Å²) < 4.78 is 5.40. The van der Waals surface area contributed by atoms with Gasteiger partial charge in [0.05, 0.1) is 11.5 Å². The number of amides is 2. The summed E-state index contributed by atoms with van der Waals surface area (Å²) in [4.78, 5) is 44.9. The van der Waals surface area contributed by atoms with Gasteiger partial charge in [-0.25, -0.2) is 0 Å². The Morgan fingerprint density at radius 1 is 1.10 bits per heavy atom. The minimum Gasteiger partial charge on any atom is -0.481 e. The minimum atomic E-state index is -1.09. The molecular formula is C22H31NO7. The SMILES string of the molecule is C[C@@H](CC(=O)NC(=O)C1=COC(/C=C/CCCCCCCCC(=O)O)=CC1)C(=O)O. The molecule has 0 aliphatic carbocycles. The number of imide groups is 1. The van der Waals surface area contributed by atoms with Gasteiger partial charge in [0, 0.05) is 19.3 Å². The first-order chi connectivity index (χ1) is 14.3. The van der Waals surface area contributed by atoms with Crippen molar-refractivity contribution in [2.75, 3.05) is 0 Å². The van der Waals surface area contributed by atoms with Crippen LogP contribution in [-0.2, 0) is 23.9 Å². The number of carboxylic acid groups (broad SMARTS) is 2. The topological polar surface area (TPSA) is 130 Å². The lowest BCUT2D eigenvalue weighted by molar-refractivity contribution is -0.144. The highest BCUT2D eigenvalue weighted by Crippen LogP contribution is 2.17. The van der Waals surface area contributed by atoms with E-state index in [0.717, 1.165) is 44.9 Å². The van der Waals surface area contributed by atoms with Gasteiger partial charge < -0.3 is 14.9 Å². The van der Waals surface area contributed by atoms with Crippen molar-refractivity contribution in [1.29, 1.82) is 0 Å². The van der Waals surface area contributed by atoms with Crippen LogP contribution in [0.15, 0.2) is 35.8 Å². The number of carbonyl (C=O) groups excluding carboxylic acids is 2. The first kappa shape index (κ1) is 25.1. The Bertz CT molecular complexity index is 706. The van der Waals surface area contributed by atoms with E-state index in [4.69, 9.17) is 14.9 Å². The Morgan fingerprint density at radius 3 is 2.37 bits per heavy atom. The summed E-state index contributed by atoms with van der Waals surface area (Å²) in [5, 5.41) is 19.5. The summed E-state index contributed by atoms with van der Waals surface area (Å²) in [7, 11) is 0. The van der Waals surface area contributed by atoms with Crippen LogP contribution in [0.2, 0.25) is 0 Å². The lowest BCUT2D eigenvalue weighted by Gasteiger charge is -2.13. The molecule has 1 atom stereocenters. The first-order valence-corrected chi connectivity index (χ1v) is 10.3. The molecule has 1 rings (SSSR count). The molecule has 0 aromatic carbocycles. The van der Waals surface area contributed by atoms with Crippen molar-refractivity contribution in [3.8, 4) is 0 Å². The van der Waals surface area contributed by atoms with Gasteiger partial charge in [0.15, 0.2) is 0 Å². The van der Waals surface area contributed by atoms with Gasteiger partial charge in [-0.2, -0.15) is 0 Å². The number of ether oxygens (including phenoxy) is 1. The van der Waals surface area contributed by atoms with Crippen LogP contribution < -0.4 is 5.32 Å². The molecule has 8 heteroatoms. The van der Waals surface area contributed by atoms with Crippen LogP contribution in [-0.4, -0.2) is 34.0 Å². The second-order valence-corrected chi connectivity index (χ2v) is 7.35. The van der Waals surface area contributed by atoms with Gasteiger partial charge >= 0.3 is 11.9 Å². The van der Waals surface area contributed by atoms with Gasteiger partial charge in [0.25, 0.3) is 5.91 Å². The standard InChI is InChI=1S/C22H31NO7/c1-16(22(28)29)14-19(24)23-21(27)17-12-13-18(30-15-17)10-8-6-4-2-3-5-7-9-11-20(25)26/h8,10,13,15-16H,2-7,9,11-12,14H2,1H3,(H,25,26)(H,28,29)(H,23,24,27)/b10-8+/t16-/m0/s1. The predicted octanol–water partition coefficient (Wildman–Crippen LogP) is 3.69. The van der Waals surface area contributed by atoms with Gasteiger partial charge in [0.1, 0.15) is 12.0 Å². The molecule has 0 unspecified atom stereocenters. The smallest absolute Gasteiger partial charge is 0.306 e. The molecule has 166 valence electrons. The number of nitrogens with one attached hydrogen (secondary N) is 1. The van der Waals surface area contributed by atoms with E-state index < -0.39 is 29.7 Å². The molecular weight excluding hydrogens is 390 g/mol. The van der Waals surface area contributed by atoms with E-state index in [-0.39, 0.29) is 12.8 Å². The zero-order valence-corrected chi connectivity index (χ0v) is 17.4. The maximum absolute atomic E-state index is 12.0. The number of rotatable bonds is 14. The van der Waals surface area contributed by atoms with E-state index in [9.17, 15) is 19.2 Å². The summed E-state index contributed by atoms with van der Waals surface area (Å²) in [6.45, 7) is 1.40. The summed E-state index contributed by atoms with van der Waals surface area (Å²) in [5.74, 6) is -3.27. The lowest BCUT2D eigenvalue weighted by atomic mass is 10.1. The van der Waals surface area contributed by atoms with Crippen LogP contribution >= 0.6 is 0 Å². The number of carboxylic acids is 2. The molecule has 0 aromatic heterocycles. The third-order valence-electron chi connectivity index (χ3n) is 4.61. The Hall–Kier alpha value is -2.90. The number of hydrogen-bond donors (Lipinski definition) is 3. The minimum absolute atomic E-state index is 0.246. The van der Waals surface area contributed by atoms with E-state index in [2.05, 4.69) is 5.32 Å². The highest BCUT2D eigenvalue weighted by molar-refractivity contribution is 6.04. The second kappa shape index (κ2) is 14.1. The van der Waals surface area contributed by atoms with Crippen LogP contribution in [0.3, 0.4) is 0 Å². The van der Waals surface area contributed by atoms with Gasteiger partial charge in [0.2, 0.25) is 5.91 Å². The van der Waals surface area contributed by atoms with Crippen molar-refractivity contribution >= 4 is 23.8 Å². The van der Waals surface area contributed by atoms with Crippen LogP contribution in [0.25, 0.3) is 0 Å². The summed E-state index contributed by atoms with van der Waals surface area (Å²) in [6.07, 6.45) is 14.1. The Kier molecular flexibility index (Phi) is 11.8. The summed E-state index contributed by atoms with van der Waals surface area (Å²) in [5.41, 5.74) is 0.298. The number of carbonyl (C=O) groups is 4. The Balaban J connectivity index is 2.18. The molecule has 2 amide bonds. The molecule has 1 aliphatic rings. The maximum Gasteiger partial charge on any atom is 0.306 e. The van der Waals surface area contributed by atoms with Crippen LogP contribution in [0.5, 0.6) is 0 Å². The van der Waals surface area contributed by atoms with Crippen LogP contribution in [0.1, 0.15) is 71.1 Å². The second-order valence-electron chi connectivity index (χ2n) is 7.35. The van der Waals surface area contributed by atoms with Crippen molar-refractivity contribution in [2.24, 2.45) is 5.92 Å². The quantitative estimate of drug-likeness (QED) is 0.365. The fourth-order valence-corrected chi connectivity index (χ4v) is 2.77. The molecule has 0 saturated heterocycles. The lowest BCUT2D eigenvalue weighted by Crippen LogP contribution is -2.34. The summed E-state index contributed by atoms with van der Waals surface area (Å²) >= 11 is 0. The Labute approximate surface area is 176 Å².